The molecule has 0 radical (unpaired) electrons. The Balaban J connectivity index is 1.88. The number of hydrogen-bond donors (Lipinski definition) is 0. The van der Waals surface area contributed by atoms with Crippen LogP contribution in [0.5, 0.6) is 5.75 Å². The third kappa shape index (κ3) is 3.17. The predicted molar refractivity (Wildman–Crippen MR) is 72.6 cm³/mol. The minimum Gasteiger partial charge on any atom is -0.493 e. The number of hydrogen-bond acceptors (Lipinski definition) is 4. The van der Waals surface area contributed by atoms with Crippen LogP contribution < -0.4 is 4.74 Å². The van der Waals surface area contributed by atoms with Crippen molar-refractivity contribution in [2.75, 3.05) is 6.61 Å². The van der Waals surface area contributed by atoms with E-state index in [2.05, 4.69) is 24.9 Å². The Hall–Kier alpha value is -1.68. The second-order valence-electron chi connectivity index (χ2n) is 4.13. The quantitative estimate of drug-likeness (QED) is 0.776. The van der Waals surface area contributed by atoms with Gasteiger partial charge in [-0.2, -0.15) is 0 Å². The minimum atomic E-state index is 0.501. The number of nitrogens with zero attached hydrogens (tertiary/aromatic N) is 1. The number of rotatable bonds is 5. The Morgan fingerprint density at radius 3 is 2.83 bits per heavy atom. The van der Waals surface area contributed by atoms with E-state index < -0.39 is 0 Å². The summed E-state index contributed by atoms with van der Waals surface area (Å²) in [4.78, 5) is 14.7. The fourth-order valence-corrected chi connectivity index (χ4v) is 2.28. The lowest BCUT2D eigenvalue weighted by Gasteiger charge is -2.07. The van der Waals surface area contributed by atoms with E-state index >= 15 is 0 Å². The molecule has 1 aromatic heterocycles. The van der Waals surface area contributed by atoms with E-state index in [0.717, 1.165) is 23.5 Å². The van der Waals surface area contributed by atoms with Gasteiger partial charge < -0.3 is 4.74 Å². The van der Waals surface area contributed by atoms with Gasteiger partial charge >= 0.3 is 0 Å². The number of ether oxygens (including phenoxy) is 1. The van der Waals surface area contributed by atoms with Gasteiger partial charge in [-0.25, -0.2) is 4.98 Å². The molecular formula is C14H15NO2S. The van der Waals surface area contributed by atoms with Crippen LogP contribution in [0.15, 0.2) is 23.6 Å². The van der Waals surface area contributed by atoms with Crippen LogP contribution in [-0.4, -0.2) is 17.9 Å². The Morgan fingerprint density at radius 1 is 1.33 bits per heavy atom. The highest BCUT2D eigenvalue weighted by atomic mass is 32.1. The summed E-state index contributed by atoms with van der Waals surface area (Å²) < 4.78 is 5.67. The maximum absolute atomic E-state index is 10.5. The summed E-state index contributed by atoms with van der Waals surface area (Å²) in [6.07, 6.45) is 1.50. The number of thiazole rings is 1. The van der Waals surface area contributed by atoms with Crippen LogP contribution in [0.1, 0.15) is 26.6 Å². The summed E-state index contributed by atoms with van der Waals surface area (Å²) in [6, 6.07) is 6.06. The first-order valence-electron chi connectivity index (χ1n) is 5.78. The number of carbonyl (C=O) groups is 1. The molecule has 0 saturated heterocycles. The number of carbonyl (C=O) groups excluding carboxylic acids is 1. The Labute approximate surface area is 110 Å². The molecule has 2 rings (SSSR count). The first-order chi connectivity index (χ1) is 8.69. The summed E-state index contributed by atoms with van der Waals surface area (Å²) in [7, 11) is 0. The summed E-state index contributed by atoms with van der Waals surface area (Å²) in [5.74, 6) is 0.880. The third-order valence-electron chi connectivity index (χ3n) is 2.75. The number of benzene rings is 1. The van der Waals surface area contributed by atoms with Crippen molar-refractivity contribution in [1.82, 2.24) is 4.98 Å². The van der Waals surface area contributed by atoms with Gasteiger partial charge in [-0.3, -0.25) is 4.79 Å². The van der Waals surface area contributed by atoms with Crippen LogP contribution >= 0.6 is 11.3 Å². The maximum Gasteiger partial charge on any atom is 0.169 e. The molecule has 0 aliphatic heterocycles. The molecule has 0 N–H and O–H groups in total. The second-order valence-corrected chi connectivity index (χ2v) is 5.07. The van der Waals surface area contributed by atoms with Crippen molar-refractivity contribution in [2.45, 2.75) is 20.3 Å². The number of aromatic nitrogens is 1. The molecule has 0 aliphatic carbocycles. The fourth-order valence-electron chi connectivity index (χ4n) is 1.55. The van der Waals surface area contributed by atoms with Crippen LogP contribution in [0.3, 0.4) is 0 Å². The molecule has 0 spiro atoms. The Kier molecular flexibility index (Phi) is 4.10. The van der Waals surface area contributed by atoms with Crippen LogP contribution in [-0.2, 0) is 6.42 Å². The van der Waals surface area contributed by atoms with Crippen LogP contribution in [0, 0.1) is 13.8 Å². The second kappa shape index (κ2) is 5.78. The lowest BCUT2D eigenvalue weighted by Crippen LogP contribution is -2.01. The summed E-state index contributed by atoms with van der Waals surface area (Å²) in [5.41, 5.74) is 2.99. The topological polar surface area (TPSA) is 39.2 Å². The third-order valence-corrected chi connectivity index (χ3v) is 3.68. The van der Waals surface area contributed by atoms with E-state index in [1.807, 2.05) is 12.1 Å². The number of aldehydes is 1. The van der Waals surface area contributed by atoms with Crippen molar-refractivity contribution in [1.29, 1.82) is 0 Å². The van der Waals surface area contributed by atoms with Gasteiger partial charge in [0, 0.05) is 11.8 Å². The van der Waals surface area contributed by atoms with Gasteiger partial charge in [-0.1, -0.05) is 6.07 Å². The zero-order valence-corrected chi connectivity index (χ0v) is 11.3. The molecule has 1 heterocycles. The molecule has 94 valence electrons. The predicted octanol–water partition coefficient (Wildman–Crippen LogP) is 3.19. The smallest absolute Gasteiger partial charge is 0.169 e. The fraction of sp³-hybridized carbons (Fsp3) is 0.286. The highest BCUT2D eigenvalue weighted by Gasteiger charge is 2.02. The zero-order chi connectivity index (χ0) is 13.0. The van der Waals surface area contributed by atoms with Crippen molar-refractivity contribution >= 4 is 17.6 Å². The van der Waals surface area contributed by atoms with E-state index in [-0.39, 0.29) is 0 Å². The zero-order valence-electron chi connectivity index (χ0n) is 10.5. The highest BCUT2D eigenvalue weighted by Crippen LogP contribution is 2.17. The standard InChI is InChI=1S/C14H15NO2S/c1-10-3-4-13(7-11(10)2)17-6-5-14-15-12(8-16)9-18-14/h3-4,7-9H,5-6H2,1-2H3. The first-order valence-corrected chi connectivity index (χ1v) is 6.66. The SMILES string of the molecule is Cc1ccc(OCCc2nc(C=O)cs2)cc1C. The van der Waals surface area contributed by atoms with E-state index in [4.69, 9.17) is 4.74 Å². The number of aryl methyl sites for hydroxylation is 2. The molecule has 0 saturated carbocycles. The lowest BCUT2D eigenvalue weighted by molar-refractivity contribution is 0.111. The summed E-state index contributed by atoms with van der Waals surface area (Å²) in [6.45, 7) is 4.73. The van der Waals surface area contributed by atoms with E-state index in [1.54, 1.807) is 5.38 Å². The van der Waals surface area contributed by atoms with Crippen molar-refractivity contribution in [3.63, 3.8) is 0 Å². The van der Waals surface area contributed by atoms with Gasteiger partial charge in [0.1, 0.15) is 11.4 Å². The monoisotopic (exact) mass is 261 g/mol. The van der Waals surface area contributed by atoms with Gasteiger partial charge in [0.2, 0.25) is 0 Å². The largest absolute Gasteiger partial charge is 0.493 e. The van der Waals surface area contributed by atoms with E-state index in [9.17, 15) is 4.79 Å². The molecule has 1 aromatic carbocycles. The molecule has 0 atom stereocenters. The Morgan fingerprint density at radius 2 is 2.17 bits per heavy atom. The van der Waals surface area contributed by atoms with Gasteiger partial charge in [-0.05, 0) is 37.1 Å². The van der Waals surface area contributed by atoms with Crippen molar-refractivity contribution in [3.8, 4) is 5.75 Å². The molecule has 18 heavy (non-hydrogen) atoms. The maximum atomic E-state index is 10.5. The van der Waals surface area contributed by atoms with Gasteiger partial charge in [-0.15, -0.1) is 11.3 Å². The van der Waals surface area contributed by atoms with Crippen LogP contribution in [0.2, 0.25) is 0 Å². The highest BCUT2D eigenvalue weighted by molar-refractivity contribution is 7.09. The molecule has 0 fully saturated rings. The molecule has 0 bridgehead atoms. The average molecular weight is 261 g/mol. The normalized spacial score (nSPS) is 10.3. The van der Waals surface area contributed by atoms with E-state index in [1.165, 1.54) is 22.5 Å². The molecule has 4 heteroatoms. The van der Waals surface area contributed by atoms with Crippen molar-refractivity contribution < 1.29 is 9.53 Å². The molecule has 0 amide bonds. The van der Waals surface area contributed by atoms with Crippen molar-refractivity contribution in [3.05, 3.63) is 45.4 Å². The molecule has 0 aliphatic rings. The van der Waals surface area contributed by atoms with Crippen LogP contribution in [0.4, 0.5) is 0 Å². The Bertz CT molecular complexity index is 548. The van der Waals surface area contributed by atoms with Gasteiger partial charge in [0.25, 0.3) is 0 Å². The van der Waals surface area contributed by atoms with E-state index in [0.29, 0.717) is 12.3 Å². The van der Waals surface area contributed by atoms with Gasteiger partial charge in [0.15, 0.2) is 6.29 Å². The van der Waals surface area contributed by atoms with Crippen LogP contribution in [0.25, 0.3) is 0 Å². The molecule has 0 unspecified atom stereocenters. The first kappa shape index (κ1) is 12.8. The molecular weight excluding hydrogens is 246 g/mol. The molecule has 3 nitrogen and oxygen atoms in total. The van der Waals surface area contributed by atoms with Crippen molar-refractivity contribution in [2.24, 2.45) is 0 Å². The lowest BCUT2D eigenvalue weighted by atomic mass is 10.1. The van der Waals surface area contributed by atoms with Gasteiger partial charge in [0.05, 0.1) is 11.6 Å². The minimum absolute atomic E-state index is 0.501. The average Bonchev–Trinajstić information content (AvgIpc) is 2.82. The molecule has 2 aromatic rings. The summed E-state index contributed by atoms with van der Waals surface area (Å²) >= 11 is 1.49. The summed E-state index contributed by atoms with van der Waals surface area (Å²) in [5, 5.41) is 2.69.